The molecule has 1 aromatic carbocycles. The summed E-state index contributed by atoms with van der Waals surface area (Å²) >= 11 is 0. The van der Waals surface area contributed by atoms with Crippen LogP contribution < -0.4 is 0 Å². The van der Waals surface area contributed by atoms with Crippen molar-refractivity contribution in [2.24, 2.45) is 0 Å². The van der Waals surface area contributed by atoms with Crippen LogP contribution in [0.1, 0.15) is 5.69 Å². The van der Waals surface area contributed by atoms with E-state index in [1.54, 1.807) is 6.20 Å². The van der Waals surface area contributed by atoms with Gasteiger partial charge in [-0.3, -0.25) is 9.97 Å². The lowest BCUT2D eigenvalue weighted by Gasteiger charge is -2.05. The number of rotatable bonds is 3. The van der Waals surface area contributed by atoms with Gasteiger partial charge in [-0.1, -0.05) is 18.2 Å². The Balaban J connectivity index is 2.05. The molecule has 1 N–H and O–H groups in total. The molecule has 19 heavy (non-hydrogen) atoms. The van der Waals surface area contributed by atoms with Gasteiger partial charge >= 0.3 is 0 Å². The summed E-state index contributed by atoms with van der Waals surface area (Å²) in [5.41, 5.74) is 3.16. The van der Waals surface area contributed by atoms with Crippen molar-refractivity contribution in [1.82, 2.24) is 9.97 Å². The molecule has 0 fully saturated rings. The van der Waals surface area contributed by atoms with Crippen LogP contribution >= 0.6 is 0 Å². The molecular weight excluding hydrogens is 236 g/mol. The van der Waals surface area contributed by atoms with E-state index >= 15 is 0 Å². The highest BCUT2D eigenvalue weighted by molar-refractivity contribution is 5.86. The van der Waals surface area contributed by atoms with Gasteiger partial charge in [-0.15, -0.1) is 0 Å². The molecule has 3 heteroatoms. The highest BCUT2D eigenvalue weighted by Crippen LogP contribution is 2.23. The molecule has 3 rings (SSSR count). The van der Waals surface area contributed by atoms with E-state index in [0.29, 0.717) is 6.42 Å². The van der Waals surface area contributed by atoms with Crippen molar-refractivity contribution in [3.8, 4) is 11.1 Å². The molecule has 3 aromatic rings. The standard InChI is InChI=1S/C16H14N2O/c19-7-5-16-9-13-4-3-12(8-15(13)11-18-16)14-2-1-6-17-10-14/h1-4,6,8-11,19H,5,7H2. The van der Waals surface area contributed by atoms with Gasteiger partial charge < -0.3 is 5.11 Å². The number of hydrogen-bond donors (Lipinski definition) is 1. The highest BCUT2D eigenvalue weighted by Gasteiger charge is 2.01. The summed E-state index contributed by atoms with van der Waals surface area (Å²) in [5.74, 6) is 0. The minimum Gasteiger partial charge on any atom is -0.396 e. The molecule has 0 radical (unpaired) electrons. The summed E-state index contributed by atoms with van der Waals surface area (Å²) in [6.45, 7) is 0.131. The summed E-state index contributed by atoms with van der Waals surface area (Å²) < 4.78 is 0. The molecule has 0 bridgehead atoms. The molecular formula is C16H14N2O. The first-order valence-electron chi connectivity index (χ1n) is 6.27. The van der Waals surface area contributed by atoms with Crippen LogP contribution in [0.2, 0.25) is 0 Å². The number of hydrogen-bond acceptors (Lipinski definition) is 3. The second kappa shape index (κ2) is 5.16. The number of pyridine rings is 2. The third-order valence-electron chi connectivity index (χ3n) is 3.14. The maximum Gasteiger partial charge on any atom is 0.0486 e. The lowest BCUT2D eigenvalue weighted by molar-refractivity contribution is 0.298. The van der Waals surface area contributed by atoms with Crippen LogP contribution in [0.15, 0.2) is 55.0 Å². The Morgan fingerprint density at radius 2 is 1.89 bits per heavy atom. The average Bonchev–Trinajstić information content (AvgIpc) is 2.48. The second-order valence-electron chi connectivity index (χ2n) is 4.45. The van der Waals surface area contributed by atoms with Gasteiger partial charge in [0, 0.05) is 48.3 Å². The molecule has 0 saturated carbocycles. The van der Waals surface area contributed by atoms with E-state index in [2.05, 4.69) is 28.2 Å². The third kappa shape index (κ3) is 2.46. The average molecular weight is 250 g/mol. The first-order valence-corrected chi connectivity index (χ1v) is 6.27. The predicted molar refractivity (Wildman–Crippen MR) is 75.8 cm³/mol. The van der Waals surface area contributed by atoms with Gasteiger partial charge in [0.25, 0.3) is 0 Å². The van der Waals surface area contributed by atoms with Crippen LogP contribution in [-0.2, 0) is 6.42 Å². The number of benzene rings is 1. The van der Waals surface area contributed by atoms with E-state index in [0.717, 1.165) is 27.6 Å². The summed E-state index contributed by atoms with van der Waals surface area (Å²) in [5, 5.41) is 11.2. The summed E-state index contributed by atoms with van der Waals surface area (Å²) in [7, 11) is 0. The Morgan fingerprint density at radius 3 is 2.68 bits per heavy atom. The Labute approximate surface area is 111 Å². The normalized spacial score (nSPS) is 10.8. The molecule has 0 unspecified atom stereocenters. The molecule has 0 atom stereocenters. The Morgan fingerprint density at radius 1 is 0.947 bits per heavy atom. The van der Waals surface area contributed by atoms with Gasteiger partial charge in [-0.2, -0.15) is 0 Å². The van der Waals surface area contributed by atoms with Crippen molar-refractivity contribution < 1.29 is 5.11 Å². The molecule has 0 saturated heterocycles. The van der Waals surface area contributed by atoms with Gasteiger partial charge in [-0.25, -0.2) is 0 Å². The highest BCUT2D eigenvalue weighted by atomic mass is 16.3. The zero-order valence-corrected chi connectivity index (χ0v) is 10.5. The number of aromatic nitrogens is 2. The van der Waals surface area contributed by atoms with Gasteiger partial charge in [-0.05, 0) is 29.1 Å². The topological polar surface area (TPSA) is 46.0 Å². The Kier molecular flexibility index (Phi) is 3.21. The molecule has 0 aliphatic heterocycles. The van der Waals surface area contributed by atoms with Crippen LogP contribution in [0, 0.1) is 0 Å². The number of nitrogens with zero attached hydrogens (tertiary/aromatic N) is 2. The van der Waals surface area contributed by atoms with Crippen molar-refractivity contribution in [3.63, 3.8) is 0 Å². The fraction of sp³-hybridized carbons (Fsp3) is 0.125. The van der Waals surface area contributed by atoms with Crippen molar-refractivity contribution in [2.45, 2.75) is 6.42 Å². The van der Waals surface area contributed by atoms with E-state index in [4.69, 9.17) is 5.11 Å². The van der Waals surface area contributed by atoms with E-state index in [-0.39, 0.29) is 6.61 Å². The van der Waals surface area contributed by atoms with Crippen LogP contribution in [0.25, 0.3) is 21.9 Å². The van der Waals surface area contributed by atoms with Crippen LogP contribution in [0.5, 0.6) is 0 Å². The minimum atomic E-state index is 0.131. The fourth-order valence-electron chi connectivity index (χ4n) is 2.15. The lowest BCUT2D eigenvalue weighted by Crippen LogP contribution is -1.94. The molecule has 0 aliphatic carbocycles. The number of aliphatic hydroxyl groups excluding tert-OH is 1. The summed E-state index contributed by atoms with van der Waals surface area (Å²) in [6.07, 6.45) is 6.09. The third-order valence-corrected chi connectivity index (χ3v) is 3.14. The van der Waals surface area contributed by atoms with Crippen LogP contribution in [0.4, 0.5) is 0 Å². The van der Waals surface area contributed by atoms with Crippen LogP contribution in [0.3, 0.4) is 0 Å². The molecule has 3 nitrogen and oxygen atoms in total. The van der Waals surface area contributed by atoms with E-state index in [1.807, 2.05) is 30.6 Å². The van der Waals surface area contributed by atoms with E-state index in [1.165, 1.54) is 0 Å². The van der Waals surface area contributed by atoms with Crippen molar-refractivity contribution in [3.05, 3.63) is 60.7 Å². The van der Waals surface area contributed by atoms with Crippen molar-refractivity contribution >= 4 is 10.8 Å². The molecule has 0 spiro atoms. The first-order chi connectivity index (χ1) is 9.36. The predicted octanol–water partition coefficient (Wildman–Crippen LogP) is 2.83. The Bertz CT molecular complexity index is 695. The first kappa shape index (κ1) is 11.8. The van der Waals surface area contributed by atoms with E-state index in [9.17, 15) is 0 Å². The second-order valence-corrected chi connectivity index (χ2v) is 4.45. The van der Waals surface area contributed by atoms with Gasteiger partial charge in [0.05, 0.1) is 0 Å². The number of aliphatic hydroxyl groups is 1. The van der Waals surface area contributed by atoms with Gasteiger partial charge in [0.1, 0.15) is 0 Å². The molecule has 94 valence electrons. The SMILES string of the molecule is OCCc1cc2ccc(-c3cccnc3)cc2cn1. The molecule has 0 aliphatic rings. The largest absolute Gasteiger partial charge is 0.396 e. The zero-order chi connectivity index (χ0) is 13.1. The quantitative estimate of drug-likeness (QED) is 0.777. The molecule has 0 amide bonds. The minimum absolute atomic E-state index is 0.131. The van der Waals surface area contributed by atoms with Crippen LogP contribution in [-0.4, -0.2) is 21.7 Å². The van der Waals surface area contributed by atoms with E-state index < -0.39 is 0 Å². The zero-order valence-electron chi connectivity index (χ0n) is 10.5. The maximum atomic E-state index is 8.94. The maximum absolute atomic E-state index is 8.94. The monoisotopic (exact) mass is 250 g/mol. The van der Waals surface area contributed by atoms with Crippen molar-refractivity contribution in [2.75, 3.05) is 6.61 Å². The molecule has 2 heterocycles. The Hall–Kier alpha value is -2.26. The lowest BCUT2D eigenvalue weighted by atomic mass is 10.0. The molecule has 2 aromatic heterocycles. The summed E-state index contributed by atoms with van der Waals surface area (Å²) in [6, 6.07) is 12.3. The van der Waals surface area contributed by atoms with Gasteiger partial charge in [0.2, 0.25) is 0 Å². The summed E-state index contributed by atoms with van der Waals surface area (Å²) in [4.78, 5) is 8.49. The van der Waals surface area contributed by atoms with Crippen molar-refractivity contribution in [1.29, 1.82) is 0 Å². The number of fused-ring (bicyclic) bond motifs is 1. The fourth-order valence-corrected chi connectivity index (χ4v) is 2.15. The smallest absolute Gasteiger partial charge is 0.0486 e. The van der Waals surface area contributed by atoms with Gasteiger partial charge in [0.15, 0.2) is 0 Å².